The van der Waals surface area contributed by atoms with Gasteiger partial charge in [0.1, 0.15) is 11.6 Å². The Morgan fingerprint density at radius 3 is 2.43 bits per heavy atom. The maximum absolute atomic E-state index is 13.4. The number of carbonyl (C=O) groups is 1. The van der Waals surface area contributed by atoms with E-state index in [0.29, 0.717) is 12.5 Å². The quantitative estimate of drug-likeness (QED) is 0.678. The number of benzene rings is 2. The van der Waals surface area contributed by atoms with Gasteiger partial charge in [0, 0.05) is 38.3 Å². The molecule has 1 saturated heterocycles. The fourth-order valence-electron chi connectivity index (χ4n) is 3.94. The number of halogens is 1. The minimum Gasteiger partial charge on any atom is -0.494 e. The molecule has 5 heteroatoms. The van der Waals surface area contributed by atoms with E-state index in [1.54, 1.807) is 0 Å². The highest BCUT2D eigenvalue weighted by Gasteiger charge is 2.28. The van der Waals surface area contributed by atoms with Gasteiger partial charge in [-0.25, -0.2) is 4.39 Å². The van der Waals surface area contributed by atoms with Crippen LogP contribution in [-0.4, -0.2) is 49.0 Å². The van der Waals surface area contributed by atoms with Crippen LogP contribution in [0, 0.1) is 5.82 Å². The van der Waals surface area contributed by atoms with Crippen LogP contribution in [0.15, 0.2) is 36.4 Å². The molecule has 0 aromatic heterocycles. The Hall–Kier alpha value is -2.40. The van der Waals surface area contributed by atoms with Crippen LogP contribution >= 0.6 is 0 Å². The van der Waals surface area contributed by atoms with Gasteiger partial charge in [0.2, 0.25) is 6.41 Å². The average Bonchev–Trinajstić information content (AvgIpc) is 3.56. The summed E-state index contributed by atoms with van der Waals surface area (Å²) < 4.78 is 19.4. The molecule has 0 spiro atoms. The molecular weight excluding hydrogens is 355 g/mol. The predicted octanol–water partition coefficient (Wildman–Crippen LogP) is 4.04. The van der Waals surface area contributed by atoms with Gasteiger partial charge in [-0.05, 0) is 66.6 Å². The van der Waals surface area contributed by atoms with Gasteiger partial charge in [-0.3, -0.25) is 9.69 Å². The zero-order valence-electron chi connectivity index (χ0n) is 16.4. The third-order valence-corrected chi connectivity index (χ3v) is 5.65. The lowest BCUT2D eigenvalue weighted by atomic mass is 9.93. The number of hydrogen-bond donors (Lipinski definition) is 0. The number of nitrogens with zero attached hydrogens (tertiary/aromatic N) is 2. The fraction of sp³-hybridized carbons (Fsp3) is 0.435. The van der Waals surface area contributed by atoms with Crippen LogP contribution in [0.4, 0.5) is 4.39 Å². The molecule has 1 aliphatic heterocycles. The number of ether oxygens (including phenoxy) is 1. The minimum atomic E-state index is -0.215. The van der Waals surface area contributed by atoms with Crippen molar-refractivity contribution in [1.82, 2.24) is 9.80 Å². The first-order valence-electron chi connectivity index (χ1n) is 10.1. The Morgan fingerprint density at radius 2 is 1.82 bits per heavy atom. The zero-order chi connectivity index (χ0) is 19.5. The third-order valence-electron chi connectivity index (χ3n) is 5.65. The lowest BCUT2D eigenvalue weighted by molar-refractivity contribution is -0.119. The molecule has 0 bridgehead atoms. The van der Waals surface area contributed by atoms with E-state index in [2.05, 4.69) is 17.0 Å². The second kappa shape index (κ2) is 8.31. The van der Waals surface area contributed by atoms with Crippen molar-refractivity contribution in [2.75, 3.05) is 32.8 Å². The smallest absolute Gasteiger partial charge is 0.209 e. The molecule has 4 nitrogen and oxygen atoms in total. The first kappa shape index (κ1) is 18.9. The largest absolute Gasteiger partial charge is 0.494 e. The molecule has 28 heavy (non-hydrogen) atoms. The van der Waals surface area contributed by atoms with E-state index in [0.717, 1.165) is 56.0 Å². The SMILES string of the molecule is CCOc1cc(-c2ccc(F)cc2)c(C2CC2)cc1CN1CCN(C=O)CC1. The van der Waals surface area contributed by atoms with Gasteiger partial charge in [-0.1, -0.05) is 12.1 Å². The van der Waals surface area contributed by atoms with Gasteiger partial charge in [0.25, 0.3) is 0 Å². The summed E-state index contributed by atoms with van der Waals surface area (Å²) in [5.74, 6) is 1.28. The lowest BCUT2D eigenvalue weighted by Crippen LogP contribution is -2.45. The van der Waals surface area contributed by atoms with E-state index in [9.17, 15) is 9.18 Å². The molecule has 1 aliphatic carbocycles. The van der Waals surface area contributed by atoms with Gasteiger partial charge in [-0.15, -0.1) is 0 Å². The number of rotatable bonds is 7. The molecule has 4 rings (SSSR count). The molecule has 1 saturated carbocycles. The maximum Gasteiger partial charge on any atom is 0.209 e. The van der Waals surface area contributed by atoms with Crippen LogP contribution in [-0.2, 0) is 11.3 Å². The number of piperazine rings is 1. The number of carbonyl (C=O) groups excluding carboxylic acids is 1. The highest BCUT2D eigenvalue weighted by Crippen LogP contribution is 2.46. The normalized spacial score (nSPS) is 17.6. The molecule has 1 amide bonds. The van der Waals surface area contributed by atoms with Crippen LogP contribution < -0.4 is 4.74 Å². The van der Waals surface area contributed by atoms with Crippen molar-refractivity contribution in [2.24, 2.45) is 0 Å². The van der Waals surface area contributed by atoms with Crippen LogP contribution in [0.1, 0.15) is 36.8 Å². The molecular formula is C23H27FN2O2. The van der Waals surface area contributed by atoms with Crippen molar-refractivity contribution < 1.29 is 13.9 Å². The molecule has 0 N–H and O–H groups in total. The minimum absolute atomic E-state index is 0.215. The summed E-state index contributed by atoms with van der Waals surface area (Å²) >= 11 is 0. The first-order valence-corrected chi connectivity index (χ1v) is 10.1. The van der Waals surface area contributed by atoms with Crippen molar-refractivity contribution in [2.45, 2.75) is 32.2 Å². The van der Waals surface area contributed by atoms with Crippen molar-refractivity contribution in [3.63, 3.8) is 0 Å². The van der Waals surface area contributed by atoms with Crippen LogP contribution in [0.5, 0.6) is 5.75 Å². The molecule has 148 valence electrons. The Labute approximate surface area is 165 Å². The standard InChI is InChI=1S/C23H27FN2O2/c1-2-28-23-14-22(18-5-7-20(24)8-6-18)21(17-3-4-17)13-19(23)15-25-9-11-26(16-27)12-10-25/h5-8,13-14,16-17H,2-4,9-12,15H2,1H3. The fourth-order valence-corrected chi connectivity index (χ4v) is 3.94. The van der Waals surface area contributed by atoms with Crippen LogP contribution in [0.25, 0.3) is 11.1 Å². The Balaban J connectivity index is 1.65. The second-order valence-electron chi connectivity index (χ2n) is 7.68. The van der Waals surface area contributed by atoms with E-state index in [1.165, 1.54) is 36.1 Å². The van der Waals surface area contributed by atoms with E-state index in [1.807, 2.05) is 24.0 Å². The lowest BCUT2D eigenvalue weighted by Gasteiger charge is -2.33. The van der Waals surface area contributed by atoms with E-state index >= 15 is 0 Å². The highest BCUT2D eigenvalue weighted by atomic mass is 19.1. The topological polar surface area (TPSA) is 32.8 Å². The zero-order valence-corrected chi connectivity index (χ0v) is 16.4. The Morgan fingerprint density at radius 1 is 1.11 bits per heavy atom. The van der Waals surface area contributed by atoms with Crippen molar-refractivity contribution in [3.05, 3.63) is 53.3 Å². The summed E-state index contributed by atoms with van der Waals surface area (Å²) in [6, 6.07) is 11.2. The highest BCUT2D eigenvalue weighted by molar-refractivity contribution is 5.71. The summed E-state index contributed by atoms with van der Waals surface area (Å²) in [5, 5.41) is 0. The molecule has 2 aromatic rings. The van der Waals surface area contributed by atoms with Crippen molar-refractivity contribution in [1.29, 1.82) is 0 Å². The van der Waals surface area contributed by atoms with Crippen LogP contribution in [0.3, 0.4) is 0 Å². The monoisotopic (exact) mass is 382 g/mol. The predicted molar refractivity (Wildman–Crippen MR) is 108 cm³/mol. The van der Waals surface area contributed by atoms with Gasteiger partial charge in [0.05, 0.1) is 6.61 Å². The average molecular weight is 382 g/mol. The molecule has 0 radical (unpaired) electrons. The summed E-state index contributed by atoms with van der Waals surface area (Å²) in [7, 11) is 0. The molecule has 1 heterocycles. The van der Waals surface area contributed by atoms with Crippen molar-refractivity contribution in [3.8, 4) is 16.9 Å². The van der Waals surface area contributed by atoms with E-state index < -0.39 is 0 Å². The third kappa shape index (κ3) is 4.20. The summed E-state index contributed by atoms with van der Waals surface area (Å²) in [6.07, 6.45) is 3.35. The van der Waals surface area contributed by atoms with Gasteiger partial charge < -0.3 is 9.64 Å². The molecule has 0 unspecified atom stereocenters. The van der Waals surface area contributed by atoms with Crippen molar-refractivity contribution >= 4 is 6.41 Å². The number of hydrogen-bond acceptors (Lipinski definition) is 3. The molecule has 2 fully saturated rings. The Kier molecular flexibility index (Phi) is 5.62. The molecule has 2 aromatic carbocycles. The first-order chi connectivity index (χ1) is 13.7. The number of amides is 1. The molecule has 2 aliphatic rings. The van der Waals surface area contributed by atoms with E-state index in [-0.39, 0.29) is 5.82 Å². The maximum atomic E-state index is 13.4. The summed E-state index contributed by atoms with van der Waals surface area (Å²) in [6.45, 7) is 6.74. The summed E-state index contributed by atoms with van der Waals surface area (Å²) in [5.41, 5.74) is 4.74. The molecule has 0 atom stereocenters. The van der Waals surface area contributed by atoms with Gasteiger partial charge in [-0.2, -0.15) is 0 Å². The van der Waals surface area contributed by atoms with Crippen LogP contribution in [0.2, 0.25) is 0 Å². The second-order valence-corrected chi connectivity index (χ2v) is 7.68. The van der Waals surface area contributed by atoms with Gasteiger partial charge in [0.15, 0.2) is 0 Å². The Bertz CT molecular complexity index is 825. The van der Waals surface area contributed by atoms with Gasteiger partial charge >= 0.3 is 0 Å². The summed E-state index contributed by atoms with van der Waals surface area (Å²) in [4.78, 5) is 15.2. The van der Waals surface area contributed by atoms with E-state index in [4.69, 9.17) is 4.74 Å².